The molecule has 2 N–H and O–H groups in total. The Balaban J connectivity index is 2.08. The molecule has 2 rings (SSSR count). The van der Waals surface area contributed by atoms with E-state index in [4.69, 9.17) is 9.47 Å². The predicted molar refractivity (Wildman–Crippen MR) is 117 cm³/mol. The van der Waals surface area contributed by atoms with E-state index in [1.165, 1.54) is 6.21 Å². The summed E-state index contributed by atoms with van der Waals surface area (Å²) in [4.78, 5) is 25.0. The van der Waals surface area contributed by atoms with E-state index < -0.39 is 11.9 Å². The summed E-state index contributed by atoms with van der Waals surface area (Å²) < 4.78 is 11.1. The zero-order valence-electron chi connectivity index (χ0n) is 17.8. The van der Waals surface area contributed by atoms with Crippen molar-refractivity contribution in [1.82, 2.24) is 10.7 Å². The molecule has 0 aliphatic heterocycles. The standard InChI is InChI=1S/C23H29N3O4/c1-5-14-30-21-18(12-9-13-19(21)29-4)15-24-26-23(28)20(16(2)3)25-22(27)17-10-7-6-8-11-17/h6-13,15-16,20H,5,14H2,1-4H3,(H,25,27)(H,26,28)/b24-15+. The van der Waals surface area contributed by atoms with Crippen LogP contribution in [-0.2, 0) is 4.79 Å². The lowest BCUT2D eigenvalue weighted by Gasteiger charge is -2.20. The highest BCUT2D eigenvalue weighted by atomic mass is 16.5. The number of para-hydroxylation sites is 1. The Morgan fingerprint density at radius 1 is 1.10 bits per heavy atom. The molecule has 160 valence electrons. The van der Waals surface area contributed by atoms with Gasteiger partial charge >= 0.3 is 0 Å². The SMILES string of the molecule is CCCOc1c(/C=N/NC(=O)C(NC(=O)c2ccccc2)C(C)C)cccc1OC. The smallest absolute Gasteiger partial charge is 0.262 e. The van der Waals surface area contributed by atoms with E-state index in [2.05, 4.69) is 15.8 Å². The number of amides is 2. The lowest BCUT2D eigenvalue weighted by atomic mass is 10.0. The third-order valence-electron chi connectivity index (χ3n) is 4.33. The Morgan fingerprint density at radius 2 is 1.83 bits per heavy atom. The topological polar surface area (TPSA) is 89.0 Å². The number of rotatable bonds is 10. The Morgan fingerprint density at radius 3 is 2.47 bits per heavy atom. The normalized spacial score (nSPS) is 11.9. The number of benzene rings is 2. The number of nitrogens with one attached hydrogen (secondary N) is 2. The van der Waals surface area contributed by atoms with Crippen LogP contribution < -0.4 is 20.2 Å². The van der Waals surface area contributed by atoms with Gasteiger partial charge in [-0.1, -0.05) is 45.0 Å². The molecule has 2 amide bonds. The van der Waals surface area contributed by atoms with Crippen LogP contribution in [0.2, 0.25) is 0 Å². The molecule has 1 unspecified atom stereocenters. The molecule has 0 radical (unpaired) electrons. The van der Waals surface area contributed by atoms with Crippen molar-refractivity contribution >= 4 is 18.0 Å². The predicted octanol–water partition coefficient (Wildman–Crippen LogP) is 3.39. The van der Waals surface area contributed by atoms with Crippen LogP contribution in [-0.4, -0.2) is 37.8 Å². The molecule has 0 spiro atoms. The maximum atomic E-state index is 12.6. The van der Waals surface area contributed by atoms with Gasteiger partial charge in [-0.15, -0.1) is 0 Å². The minimum atomic E-state index is -0.726. The van der Waals surface area contributed by atoms with Crippen LogP contribution in [0.5, 0.6) is 11.5 Å². The van der Waals surface area contributed by atoms with Gasteiger partial charge in [0.05, 0.1) is 19.9 Å². The number of hydrazone groups is 1. The van der Waals surface area contributed by atoms with Crippen molar-refractivity contribution < 1.29 is 19.1 Å². The molecule has 7 nitrogen and oxygen atoms in total. The van der Waals surface area contributed by atoms with Gasteiger partial charge in [0.15, 0.2) is 11.5 Å². The molecule has 0 aliphatic rings. The third-order valence-corrected chi connectivity index (χ3v) is 4.33. The first-order valence-electron chi connectivity index (χ1n) is 9.96. The van der Waals surface area contributed by atoms with Gasteiger partial charge in [0.2, 0.25) is 0 Å². The second-order valence-electron chi connectivity index (χ2n) is 7.02. The van der Waals surface area contributed by atoms with Crippen LogP contribution >= 0.6 is 0 Å². The van der Waals surface area contributed by atoms with Gasteiger partial charge in [-0.25, -0.2) is 5.43 Å². The second kappa shape index (κ2) is 11.6. The van der Waals surface area contributed by atoms with Crippen LogP contribution in [0.25, 0.3) is 0 Å². The molecule has 0 fully saturated rings. The summed E-state index contributed by atoms with van der Waals surface area (Å²) in [6, 6.07) is 13.5. The molecule has 0 saturated carbocycles. The monoisotopic (exact) mass is 411 g/mol. The fourth-order valence-electron chi connectivity index (χ4n) is 2.74. The molecular weight excluding hydrogens is 382 g/mol. The average Bonchev–Trinajstić information content (AvgIpc) is 2.76. The Kier molecular flexibility index (Phi) is 8.87. The molecule has 0 aliphatic carbocycles. The van der Waals surface area contributed by atoms with Crippen molar-refractivity contribution in [3.05, 3.63) is 59.7 Å². The number of ether oxygens (including phenoxy) is 2. The summed E-state index contributed by atoms with van der Waals surface area (Å²) in [6.45, 7) is 6.27. The number of carbonyl (C=O) groups is 2. The molecular formula is C23H29N3O4. The highest BCUT2D eigenvalue weighted by molar-refractivity contribution is 5.97. The van der Waals surface area contributed by atoms with Crippen molar-refractivity contribution in [3.8, 4) is 11.5 Å². The van der Waals surface area contributed by atoms with E-state index in [0.717, 1.165) is 6.42 Å². The van der Waals surface area contributed by atoms with Crippen LogP contribution in [0, 0.1) is 5.92 Å². The van der Waals surface area contributed by atoms with Crippen LogP contribution in [0.15, 0.2) is 53.6 Å². The molecule has 0 bridgehead atoms. The molecule has 1 atom stereocenters. The van der Waals surface area contributed by atoms with Gasteiger partial charge in [0.25, 0.3) is 11.8 Å². The molecule has 7 heteroatoms. The van der Waals surface area contributed by atoms with Crippen molar-refractivity contribution in [2.75, 3.05) is 13.7 Å². The summed E-state index contributed by atoms with van der Waals surface area (Å²) in [5, 5.41) is 6.83. The average molecular weight is 412 g/mol. The van der Waals surface area contributed by atoms with Gasteiger partial charge < -0.3 is 14.8 Å². The first-order valence-corrected chi connectivity index (χ1v) is 9.96. The second-order valence-corrected chi connectivity index (χ2v) is 7.02. The fourth-order valence-corrected chi connectivity index (χ4v) is 2.74. The van der Waals surface area contributed by atoms with Crippen LogP contribution in [0.1, 0.15) is 43.1 Å². The number of nitrogens with zero attached hydrogens (tertiary/aromatic N) is 1. The van der Waals surface area contributed by atoms with Gasteiger partial charge in [-0.2, -0.15) is 5.10 Å². The summed E-state index contributed by atoms with van der Waals surface area (Å²) in [5.41, 5.74) is 3.68. The Bertz CT molecular complexity index is 866. The van der Waals surface area contributed by atoms with E-state index in [1.54, 1.807) is 37.4 Å². The van der Waals surface area contributed by atoms with E-state index >= 15 is 0 Å². The number of carbonyl (C=O) groups excluding carboxylic acids is 2. The summed E-state index contributed by atoms with van der Waals surface area (Å²) >= 11 is 0. The van der Waals surface area contributed by atoms with E-state index in [-0.39, 0.29) is 11.8 Å². The number of hydrogen-bond acceptors (Lipinski definition) is 5. The van der Waals surface area contributed by atoms with Crippen molar-refractivity contribution in [2.45, 2.75) is 33.2 Å². The van der Waals surface area contributed by atoms with Gasteiger partial charge in [0.1, 0.15) is 6.04 Å². The Hall–Kier alpha value is -3.35. The molecule has 0 heterocycles. The molecule has 2 aromatic rings. The first kappa shape index (κ1) is 22.9. The maximum absolute atomic E-state index is 12.6. The molecule has 0 aromatic heterocycles. The largest absolute Gasteiger partial charge is 0.493 e. The van der Waals surface area contributed by atoms with E-state index in [9.17, 15) is 9.59 Å². The molecule has 2 aromatic carbocycles. The number of hydrogen-bond donors (Lipinski definition) is 2. The van der Waals surface area contributed by atoms with E-state index in [1.807, 2.05) is 39.0 Å². The summed E-state index contributed by atoms with van der Waals surface area (Å²) in [6.07, 6.45) is 2.35. The van der Waals surface area contributed by atoms with Gasteiger partial charge in [0, 0.05) is 11.1 Å². The molecule has 30 heavy (non-hydrogen) atoms. The quantitative estimate of drug-likeness (QED) is 0.463. The lowest BCUT2D eigenvalue weighted by Crippen LogP contribution is -2.48. The first-order chi connectivity index (χ1) is 14.5. The summed E-state index contributed by atoms with van der Waals surface area (Å²) in [5.74, 6) is 0.334. The minimum absolute atomic E-state index is 0.117. The van der Waals surface area contributed by atoms with Crippen LogP contribution in [0.4, 0.5) is 0 Å². The van der Waals surface area contributed by atoms with Crippen LogP contribution in [0.3, 0.4) is 0 Å². The molecule has 0 saturated heterocycles. The van der Waals surface area contributed by atoms with Crippen molar-refractivity contribution in [2.24, 2.45) is 11.0 Å². The summed E-state index contributed by atoms with van der Waals surface area (Å²) in [7, 11) is 1.57. The van der Waals surface area contributed by atoms with Crippen molar-refractivity contribution in [3.63, 3.8) is 0 Å². The fraction of sp³-hybridized carbons (Fsp3) is 0.348. The van der Waals surface area contributed by atoms with Crippen molar-refractivity contribution in [1.29, 1.82) is 0 Å². The third kappa shape index (κ3) is 6.34. The van der Waals surface area contributed by atoms with E-state index in [0.29, 0.717) is 29.2 Å². The highest BCUT2D eigenvalue weighted by Crippen LogP contribution is 2.30. The number of methoxy groups -OCH3 is 1. The minimum Gasteiger partial charge on any atom is -0.493 e. The van der Waals surface area contributed by atoms with Gasteiger partial charge in [-0.3, -0.25) is 9.59 Å². The zero-order chi connectivity index (χ0) is 21.9. The van der Waals surface area contributed by atoms with Gasteiger partial charge in [-0.05, 0) is 36.6 Å². The lowest BCUT2D eigenvalue weighted by molar-refractivity contribution is -0.123. The zero-order valence-corrected chi connectivity index (χ0v) is 17.8. The highest BCUT2D eigenvalue weighted by Gasteiger charge is 2.24. The Labute approximate surface area is 177 Å². The maximum Gasteiger partial charge on any atom is 0.262 e.